The predicted molar refractivity (Wildman–Crippen MR) is 74.3 cm³/mol. The van der Waals surface area contributed by atoms with Gasteiger partial charge in [-0.1, -0.05) is 11.3 Å². The number of aromatic nitrogens is 1. The molecule has 1 aliphatic carbocycles. The maximum Gasteiger partial charge on any atom is 0.307 e. The molecule has 1 amide bonds. The van der Waals surface area contributed by atoms with E-state index in [0.717, 1.165) is 18.5 Å². The van der Waals surface area contributed by atoms with Crippen molar-refractivity contribution in [2.45, 2.75) is 45.3 Å². The summed E-state index contributed by atoms with van der Waals surface area (Å²) < 4.78 is 1.69. The van der Waals surface area contributed by atoms with Crippen LogP contribution in [0.1, 0.15) is 31.4 Å². The molecule has 0 saturated heterocycles. The Kier molecular flexibility index (Phi) is 4.76. The van der Waals surface area contributed by atoms with Crippen molar-refractivity contribution in [3.05, 3.63) is 20.7 Å². The number of thiazole rings is 1. The minimum Gasteiger partial charge on any atom is -0.391 e. The second kappa shape index (κ2) is 6.34. The first-order valence-electron chi connectivity index (χ1n) is 6.67. The van der Waals surface area contributed by atoms with Gasteiger partial charge in [-0.25, -0.2) is 0 Å². The summed E-state index contributed by atoms with van der Waals surface area (Å²) in [6.07, 6.45) is 2.77. The molecule has 1 saturated carbocycles. The molecule has 19 heavy (non-hydrogen) atoms. The van der Waals surface area contributed by atoms with Gasteiger partial charge in [0.1, 0.15) is 0 Å². The van der Waals surface area contributed by atoms with E-state index < -0.39 is 6.10 Å². The molecule has 1 aliphatic rings. The molecule has 0 radical (unpaired) electrons. The Morgan fingerprint density at radius 3 is 2.95 bits per heavy atom. The van der Waals surface area contributed by atoms with Crippen molar-refractivity contribution >= 4 is 17.2 Å². The van der Waals surface area contributed by atoms with E-state index in [0.29, 0.717) is 31.8 Å². The quantitative estimate of drug-likeness (QED) is 0.781. The minimum atomic E-state index is -0.398. The van der Waals surface area contributed by atoms with Crippen molar-refractivity contribution in [3.63, 3.8) is 0 Å². The van der Waals surface area contributed by atoms with Crippen LogP contribution in [0.2, 0.25) is 0 Å². The van der Waals surface area contributed by atoms with Gasteiger partial charge in [0.2, 0.25) is 5.91 Å². The van der Waals surface area contributed by atoms with Gasteiger partial charge in [0.05, 0.1) is 6.10 Å². The van der Waals surface area contributed by atoms with Crippen molar-refractivity contribution in [1.82, 2.24) is 9.88 Å². The topological polar surface area (TPSA) is 71.3 Å². The molecule has 1 aromatic heterocycles. The largest absolute Gasteiger partial charge is 0.391 e. The van der Waals surface area contributed by atoms with E-state index in [4.69, 9.17) is 0 Å². The zero-order valence-electron chi connectivity index (χ0n) is 11.1. The van der Waals surface area contributed by atoms with E-state index in [9.17, 15) is 14.7 Å². The summed E-state index contributed by atoms with van der Waals surface area (Å²) in [6, 6.07) is 0. The minimum absolute atomic E-state index is 0.0297. The Morgan fingerprint density at radius 2 is 2.37 bits per heavy atom. The maximum atomic E-state index is 11.6. The van der Waals surface area contributed by atoms with Crippen molar-refractivity contribution in [2.24, 2.45) is 5.92 Å². The fraction of sp³-hybridized carbons (Fsp3) is 0.692. The third kappa shape index (κ3) is 4.18. The zero-order valence-corrected chi connectivity index (χ0v) is 11.9. The zero-order chi connectivity index (χ0) is 13.8. The lowest BCUT2D eigenvalue weighted by molar-refractivity contribution is -0.121. The Balaban J connectivity index is 1.65. The highest BCUT2D eigenvalue weighted by molar-refractivity contribution is 7.07. The monoisotopic (exact) mass is 284 g/mol. The number of nitrogens with zero attached hydrogens (tertiary/aromatic N) is 1. The van der Waals surface area contributed by atoms with Gasteiger partial charge in [0.15, 0.2) is 0 Å². The molecular weight excluding hydrogens is 264 g/mol. The first kappa shape index (κ1) is 14.3. The highest BCUT2D eigenvalue weighted by Crippen LogP contribution is 2.32. The van der Waals surface area contributed by atoms with Gasteiger partial charge in [0.25, 0.3) is 0 Å². The summed E-state index contributed by atoms with van der Waals surface area (Å²) >= 11 is 1.19. The van der Waals surface area contributed by atoms with Crippen molar-refractivity contribution < 1.29 is 9.90 Å². The number of carbonyl (C=O) groups is 1. The van der Waals surface area contributed by atoms with E-state index in [2.05, 4.69) is 5.32 Å². The standard InChI is InChI=1S/C13H20N2O3S/c1-9-8-19-13(18)15(9)6-2-3-12(17)14-7-11(16)10-4-5-10/h8,10-11,16H,2-7H2,1H3,(H,14,17). The van der Waals surface area contributed by atoms with E-state index in [1.807, 2.05) is 12.3 Å². The van der Waals surface area contributed by atoms with Crippen LogP contribution in [0.5, 0.6) is 0 Å². The molecule has 0 bridgehead atoms. The second-order valence-corrected chi connectivity index (χ2v) is 5.93. The predicted octanol–water partition coefficient (Wildman–Crippen LogP) is 0.886. The Morgan fingerprint density at radius 1 is 1.63 bits per heavy atom. The molecule has 5 nitrogen and oxygen atoms in total. The summed E-state index contributed by atoms with van der Waals surface area (Å²) in [7, 11) is 0. The number of hydrogen-bond acceptors (Lipinski definition) is 4. The number of aliphatic hydroxyl groups is 1. The normalized spacial score (nSPS) is 16.3. The van der Waals surface area contributed by atoms with Crippen LogP contribution in [-0.4, -0.2) is 28.2 Å². The molecule has 106 valence electrons. The number of carbonyl (C=O) groups excluding carboxylic acids is 1. The Bertz CT molecular complexity index is 490. The first-order valence-corrected chi connectivity index (χ1v) is 7.55. The SMILES string of the molecule is Cc1csc(=O)n1CCCC(=O)NCC(O)C1CC1. The molecule has 0 aliphatic heterocycles. The van der Waals surface area contributed by atoms with Crippen LogP contribution in [0.4, 0.5) is 0 Å². The molecular formula is C13H20N2O3S. The van der Waals surface area contributed by atoms with Crippen LogP contribution in [0.25, 0.3) is 0 Å². The van der Waals surface area contributed by atoms with Crippen LogP contribution in [0.15, 0.2) is 10.2 Å². The molecule has 1 atom stereocenters. The molecule has 0 aromatic carbocycles. The number of hydrogen-bond donors (Lipinski definition) is 2. The number of rotatable bonds is 7. The van der Waals surface area contributed by atoms with Crippen molar-refractivity contribution in [1.29, 1.82) is 0 Å². The van der Waals surface area contributed by atoms with E-state index in [1.165, 1.54) is 11.3 Å². The van der Waals surface area contributed by atoms with Gasteiger partial charge in [-0.2, -0.15) is 0 Å². The summed E-state index contributed by atoms with van der Waals surface area (Å²) in [6.45, 7) is 2.82. The second-order valence-electron chi connectivity index (χ2n) is 5.11. The van der Waals surface area contributed by atoms with E-state index in [1.54, 1.807) is 4.57 Å². The Labute approximate surface area is 116 Å². The third-order valence-corrected chi connectivity index (χ3v) is 4.32. The number of aryl methyl sites for hydroxylation is 1. The van der Waals surface area contributed by atoms with E-state index >= 15 is 0 Å². The number of nitrogens with one attached hydrogen (secondary N) is 1. The summed E-state index contributed by atoms with van der Waals surface area (Å²) in [4.78, 5) is 23.1. The fourth-order valence-electron chi connectivity index (χ4n) is 2.03. The van der Waals surface area contributed by atoms with Gasteiger partial charge >= 0.3 is 4.87 Å². The molecule has 1 aromatic rings. The summed E-state index contributed by atoms with van der Waals surface area (Å²) in [5, 5.41) is 14.2. The molecule has 1 unspecified atom stereocenters. The molecule has 1 heterocycles. The van der Waals surface area contributed by atoms with Gasteiger partial charge in [0, 0.05) is 30.6 Å². The highest BCUT2D eigenvalue weighted by Gasteiger charge is 2.29. The van der Waals surface area contributed by atoms with Crippen LogP contribution in [0.3, 0.4) is 0 Å². The van der Waals surface area contributed by atoms with Crippen LogP contribution in [-0.2, 0) is 11.3 Å². The molecule has 2 N–H and O–H groups in total. The lowest BCUT2D eigenvalue weighted by atomic mass is 10.2. The maximum absolute atomic E-state index is 11.6. The van der Waals surface area contributed by atoms with Gasteiger partial charge in [-0.15, -0.1) is 0 Å². The highest BCUT2D eigenvalue weighted by atomic mass is 32.1. The number of amides is 1. The molecule has 0 spiro atoms. The molecule has 1 fully saturated rings. The summed E-state index contributed by atoms with van der Waals surface area (Å²) in [5.41, 5.74) is 0.944. The lowest BCUT2D eigenvalue weighted by Crippen LogP contribution is -2.33. The van der Waals surface area contributed by atoms with Crippen LogP contribution >= 0.6 is 11.3 Å². The van der Waals surface area contributed by atoms with Gasteiger partial charge in [-0.3, -0.25) is 9.59 Å². The molecule has 2 rings (SSSR count). The Hall–Kier alpha value is -1.14. The van der Waals surface area contributed by atoms with E-state index in [-0.39, 0.29) is 10.8 Å². The van der Waals surface area contributed by atoms with Gasteiger partial charge < -0.3 is 15.0 Å². The average molecular weight is 284 g/mol. The van der Waals surface area contributed by atoms with Gasteiger partial charge in [-0.05, 0) is 32.1 Å². The lowest BCUT2D eigenvalue weighted by Gasteiger charge is -2.10. The average Bonchev–Trinajstić information content (AvgIpc) is 3.18. The fourth-order valence-corrected chi connectivity index (χ4v) is 2.79. The van der Waals surface area contributed by atoms with Crippen molar-refractivity contribution in [3.8, 4) is 0 Å². The first-order chi connectivity index (χ1) is 9.08. The van der Waals surface area contributed by atoms with Crippen LogP contribution < -0.4 is 10.2 Å². The smallest absolute Gasteiger partial charge is 0.307 e. The van der Waals surface area contributed by atoms with Crippen molar-refractivity contribution in [2.75, 3.05) is 6.54 Å². The molecule has 6 heteroatoms. The van der Waals surface area contributed by atoms with Crippen LogP contribution in [0, 0.1) is 12.8 Å². The third-order valence-electron chi connectivity index (χ3n) is 3.44. The number of aliphatic hydroxyl groups excluding tert-OH is 1. The summed E-state index contributed by atoms with van der Waals surface area (Å²) in [5.74, 6) is 0.327.